The second-order valence-corrected chi connectivity index (χ2v) is 5.28. The van der Waals surface area contributed by atoms with Gasteiger partial charge in [0, 0.05) is 15.4 Å². The summed E-state index contributed by atoms with van der Waals surface area (Å²) < 4.78 is 0. The molecule has 3 rings (SSSR count). The van der Waals surface area contributed by atoms with Gasteiger partial charge >= 0.3 is 0 Å². The number of ketones is 1. The van der Waals surface area contributed by atoms with E-state index in [1.54, 1.807) is 17.8 Å². The third kappa shape index (κ3) is 2.20. The molecule has 0 spiro atoms. The van der Waals surface area contributed by atoms with Crippen LogP contribution in [0, 0.1) is 11.3 Å². The molecule has 0 saturated carbocycles. The number of carbonyl (C=O) groups is 1. The molecular weight excluding hydrogens is 256 g/mol. The fourth-order valence-corrected chi connectivity index (χ4v) is 2.95. The fourth-order valence-electron chi connectivity index (χ4n) is 1.99. The Morgan fingerprint density at radius 1 is 1.16 bits per heavy atom. The standard InChI is InChI=1S/C15H10N2OS/c16-8-7-13(18)10-5-6-15-12(9-10)17-11-3-1-2-4-14(11)19-15/h1-6,9,17H,7H2. The third-order valence-corrected chi connectivity index (χ3v) is 4.07. The Balaban J connectivity index is 1.97. The first kappa shape index (κ1) is 11.8. The monoisotopic (exact) mass is 266 g/mol. The Labute approximate surface area is 115 Å². The van der Waals surface area contributed by atoms with E-state index in [1.165, 1.54) is 4.90 Å². The van der Waals surface area contributed by atoms with E-state index in [9.17, 15) is 4.79 Å². The smallest absolute Gasteiger partial charge is 0.176 e. The number of nitriles is 1. The predicted molar refractivity (Wildman–Crippen MR) is 74.9 cm³/mol. The molecule has 0 radical (unpaired) electrons. The number of hydrogen-bond acceptors (Lipinski definition) is 4. The minimum atomic E-state index is -0.143. The van der Waals surface area contributed by atoms with Crippen molar-refractivity contribution in [3.63, 3.8) is 0 Å². The molecule has 0 aliphatic carbocycles. The maximum Gasteiger partial charge on any atom is 0.176 e. The van der Waals surface area contributed by atoms with Crippen LogP contribution in [0.25, 0.3) is 0 Å². The number of Topliss-reactive ketones (excluding diaryl/α,β-unsaturated/α-hetero) is 1. The number of rotatable bonds is 2. The van der Waals surface area contributed by atoms with E-state index >= 15 is 0 Å². The normalized spacial score (nSPS) is 11.7. The molecule has 0 saturated heterocycles. The van der Waals surface area contributed by atoms with Crippen LogP contribution < -0.4 is 5.32 Å². The van der Waals surface area contributed by atoms with Crippen LogP contribution in [0.2, 0.25) is 0 Å². The largest absolute Gasteiger partial charge is 0.354 e. The van der Waals surface area contributed by atoms with Gasteiger partial charge in [-0.2, -0.15) is 5.26 Å². The molecule has 1 aliphatic rings. The minimum absolute atomic E-state index is 0.0808. The number of nitrogens with zero attached hydrogens (tertiary/aromatic N) is 1. The van der Waals surface area contributed by atoms with Crippen LogP contribution in [0.15, 0.2) is 52.3 Å². The van der Waals surface area contributed by atoms with Gasteiger partial charge in [0.25, 0.3) is 0 Å². The topological polar surface area (TPSA) is 52.9 Å². The minimum Gasteiger partial charge on any atom is -0.354 e. The highest BCUT2D eigenvalue weighted by atomic mass is 32.2. The van der Waals surface area contributed by atoms with Crippen LogP contribution in [-0.4, -0.2) is 5.78 Å². The first-order chi connectivity index (χ1) is 9.28. The SMILES string of the molecule is N#CCC(=O)c1ccc2c(c1)Nc1ccccc1S2. The number of hydrogen-bond donors (Lipinski definition) is 1. The van der Waals surface area contributed by atoms with Crippen molar-refractivity contribution < 1.29 is 4.79 Å². The van der Waals surface area contributed by atoms with Crippen LogP contribution in [0.5, 0.6) is 0 Å². The molecule has 0 atom stereocenters. The molecule has 2 aromatic rings. The molecule has 2 aromatic carbocycles. The fraction of sp³-hybridized carbons (Fsp3) is 0.0667. The summed E-state index contributed by atoms with van der Waals surface area (Å²) in [6, 6.07) is 15.5. The van der Waals surface area contributed by atoms with E-state index in [1.807, 2.05) is 36.4 Å². The van der Waals surface area contributed by atoms with Crippen molar-refractivity contribution >= 4 is 28.9 Å². The second-order valence-electron chi connectivity index (χ2n) is 4.19. The van der Waals surface area contributed by atoms with Gasteiger partial charge in [-0.1, -0.05) is 30.0 Å². The van der Waals surface area contributed by atoms with Crippen LogP contribution >= 0.6 is 11.8 Å². The second kappa shape index (κ2) is 4.79. The van der Waals surface area contributed by atoms with Gasteiger partial charge in [-0.05, 0) is 24.3 Å². The number of benzene rings is 2. The number of para-hydroxylation sites is 1. The van der Waals surface area contributed by atoms with Crippen molar-refractivity contribution in [1.82, 2.24) is 0 Å². The number of fused-ring (bicyclic) bond motifs is 2. The molecule has 19 heavy (non-hydrogen) atoms. The van der Waals surface area contributed by atoms with Gasteiger partial charge in [0.2, 0.25) is 0 Å². The molecule has 1 aliphatic heterocycles. The number of anilines is 2. The first-order valence-electron chi connectivity index (χ1n) is 5.86. The lowest BCUT2D eigenvalue weighted by Crippen LogP contribution is -2.03. The van der Waals surface area contributed by atoms with E-state index in [0.29, 0.717) is 5.56 Å². The van der Waals surface area contributed by atoms with Crippen LogP contribution in [0.1, 0.15) is 16.8 Å². The lowest BCUT2D eigenvalue weighted by molar-refractivity contribution is 0.0997. The van der Waals surface area contributed by atoms with Crippen molar-refractivity contribution in [3.8, 4) is 6.07 Å². The zero-order valence-electron chi connectivity index (χ0n) is 10.0. The Bertz CT molecular complexity index is 704. The number of carbonyl (C=O) groups excluding carboxylic acids is 1. The van der Waals surface area contributed by atoms with E-state index in [0.717, 1.165) is 16.3 Å². The molecule has 0 unspecified atom stereocenters. The molecule has 0 bridgehead atoms. The lowest BCUT2D eigenvalue weighted by atomic mass is 10.1. The van der Waals surface area contributed by atoms with Gasteiger partial charge in [0.05, 0.1) is 23.9 Å². The Kier molecular flexibility index (Phi) is 2.98. The molecule has 0 aromatic heterocycles. The van der Waals surface area contributed by atoms with E-state index in [-0.39, 0.29) is 12.2 Å². The quantitative estimate of drug-likeness (QED) is 0.712. The third-order valence-electron chi connectivity index (χ3n) is 2.92. The van der Waals surface area contributed by atoms with Crippen LogP contribution in [-0.2, 0) is 0 Å². The van der Waals surface area contributed by atoms with Crippen molar-refractivity contribution in [2.75, 3.05) is 5.32 Å². The molecule has 1 N–H and O–H groups in total. The summed E-state index contributed by atoms with van der Waals surface area (Å²) in [5.74, 6) is -0.143. The zero-order chi connectivity index (χ0) is 13.2. The average molecular weight is 266 g/mol. The first-order valence-corrected chi connectivity index (χ1v) is 6.67. The van der Waals surface area contributed by atoms with Gasteiger partial charge in [-0.15, -0.1) is 0 Å². The highest BCUT2D eigenvalue weighted by molar-refractivity contribution is 7.99. The van der Waals surface area contributed by atoms with Crippen molar-refractivity contribution in [2.45, 2.75) is 16.2 Å². The van der Waals surface area contributed by atoms with Gasteiger partial charge in [-0.3, -0.25) is 4.79 Å². The van der Waals surface area contributed by atoms with Gasteiger partial charge in [-0.25, -0.2) is 0 Å². The maximum atomic E-state index is 11.7. The highest BCUT2D eigenvalue weighted by Crippen LogP contribution is 2.44. The molecular formula is C15H10N2OS. The summed E-state index contributed by atoms with van der Waals surface area (Å²) in [6.07, 6.45) is -0.0808. The Hall–Kier alpha value is -2.25. The molecule has 0 amide bonds. The Morgan fingerprint density at radius 2 is 1.95 bits per heavy atom. The Morgan fingerprint density at radius 3 is 2.79 bits per heavy atom. The van der Waals surface area contributed by atoms with Gasteiger partial charge < -0.3 is 5.32 Å². The summed E-state index contributed by atoms with van der Waals surface area (Å²) in [4.78, 5) is 14.0. The summed E-state index contributed by atoms with van der Waals surface area (Å²) in [6.45, 7) is 0. The molecule has 4 heteroatoms. The van der Waals surface area contributed by atoms with Crippen LogP contribution in [0.3, 0.4) is 0 Å². The molecule has 1 heterocycles. The summed E-state index contributed by atoms with van der Waals surface area (Å²) in [5.41, 5.74) is 2.55. The van der Waals surface area contributed by atoms with Crippen LogP contribution in [0.4, 0.5) is 11.4 Å². The summed E-state index contributed by atoms with van der Waals surface area (Å²) in [7, 11) is 0. The molecule has 0 fully saturated rings. The predicted octanol–water partition coefficient (Wildman–Crippen LogP) is 3.99. The van der Waals surface area contributed by atoms with E-state index < -0.39 is 0 Å². The molecule has 3 nitrogen and oxygen atoms in total. The number of nitrogens with one attached hydrogen (secondary N) is 1. The summed E-state index contributed by atoms with van der Waals surface area (Å²) in [5, 5.41) is 11.9. The lowest BCUT2D eigenvalue weighted by Gasteiger charge is -2.20. The maximum absolute atomic E-state index is 11.7. The zero-order valence-corrected chi connectivity index (χ0v) is 10.8. The van der Waals surface area contributed by atoms with Crippen molar-refractivity contribution in [1.29, 1.82) is 5.26 Å². The highest BCUT2D eigenvalue weighted by Gasteiger charge is 2.16. The van der Waals surface area contributed by atoms with Gasteiger partial charge in [0.15, 0.2) is 5.78 Å². The van der Waals surface area contributed by atoms with Gasteiger partial charge in [0.1, 0.15) is 0 Å². The summed E-state index contributed by atoms with van der Waals surface area (Å²) >= 11 is 1.68. The average Bonchev–Trinajstić information content (AvgIpc) is 2.44. The molecule has 92 valence electrons. The van der Waals surface area contributed by atoms with Crippen molar-refractivity contribution in [3.05, 3.63) is 48.0 Å². The van der Waals surface area contributed by atoms with Crippen molar-refractivity contribution in [2.24, 2.45) is 0 Å². The van der Waals surface area contributed by atoms with E-state index in [2.05, 4.69) is 11.4 Å². The van der Waals surface area contributed by atoms with E-state index in [4.69, 9.17) is 5.26 Å².